The predicted octanol–water partition coefficient (Wildman–Crippen LogP) is 1.18. The fourth-order valence-electron chi connectivity index (χ4n) is 0.422. The molecule has 0 rings (SSSR count). The molecule has 8 heavy (non-hydrogen) atoms. The van der Waals surface area contributed by atoms with Gasteiger partial charge in [-0.15, -0.1) is 0 Å². The summed E-state index contributed by atoms with van der Waals surface area (Å²) >= 11 is 0. The first-order valence-electron chi connectivity index (χ1n) is 2.79. The van der Waals surface area contributed by atoms with Crippen LogP contribution in [0.25, 0.3) is 0 Å². The number of halogens is 1. The van der Waals surface area contributed by atoms with Gasteiger partial charge < -0.3 is 5.11 Å². The molecule has 0 amide bonds. The molecule has 0 saturated heterocycles. The van der Waals surface area contributed by atoms with E-state index in [0.717, 1.165) is 0 Å². The summed E-state index contributed by atoms with van der Waals surface area (Å²) < 4.78 is 11.6. The molecule has 1 unspecified atom stereocenters. The Labute approximate surface area is 49.5 Å². The van der Waals surface area contributed by atoms with Gasteiger partial charge in [0, 0.05) is 6.61 Å². The number of alkyl halides is 1. The summed E-state index contributed by atoms with van der Waals surface area (Å²) in [5, 5.41) is 8.23. The van der Waals surface area contributed by atoms with Crippen molar-refractivity contribution in [2.24, 2.45) is 5.92 Å². The van der Waals surface area contributed by atoms with Gasteiger partial charge in [0.05, 0.1) is 6.67 Å². The van der Waals surface area contributed by atoms with E-state index in [2.05, 4.69) is 0 Å². The minimum absolute atomic E-state index is 0.0599. The van der Waals surface area contributed by atoms with Gasteiger partial charge in [-0.3, -0.25) is 4.39 Å². The van der Waals surface area contributed by atoms with E-state index in [1.807, 2.05) is 6.92 Å². The molecule has 0 aliphatic carbocycles. The van der Waals surface area contributed by atoms with Gasteiger partial charge in [-0.2, -0.15) is 0 Å². The highest BCUT2D eigenvalue weighted by atomic mass is 19.1. The molecule has 1 radical (unpaired) electrons. The molecule has 49 valence electrons. The Kier molecular flexibility index (Phi) is 4.97. The van der Waals surface area contributed by atoms with E-state index >= 15 is 0 Å². The van der Waals surface area contributed by atoms with Crippen LogP contribution in [0, 0.1) is 12.3 Å². The second-order valence-corrected chi connectivity index (χ2v) is 1.97. The number of rotatable bonds is 4. The second kappa shape index (κ2) is 5.04. The normalized spacial score (nSPS) is 13.9. The molecule has 0 aromatic carbocycles. The minimum atomic E-state index is -0.295. The highest BCUT2D eigenvalue weighted by Crippen LogP contribution is 2.03. The maximum atomic E-state index is 11.6. The molecule has 0 bridgehead atoms. The molecule has 2 heteroatoms. The molecular formula is C6H12FO. The van der Waals surface area contributed by atoms with Crippen molar-refractivity contribution in [3.05, 3.63) is 6.42 Å². The highest BCUT2D eigenvalue weighted by molar-refractivity contribution is 4.65. The quantitative estimate of drug-likeness (QED) is 0.589. The van der Waals surface area contributed by atoms with Crippen molar-refractivity contribution in [2.45, 2.75) is 13.3 Å². The van der Waals surface area contributed by atoms with Crippen molar-refractivity contribution in [3.8, 4) is 0 Å². The van der Waals surface area contributed by atoms with Gasteiger partial charge >= 0.3 is 0 Å². The van der Waals surface area contributed by atoms with E-state index in [1.165, 1.54) is 0 Å². The third kappa shape index (κ3) is 4.06. The van der Waals surface area contributed by atoms with E-state index in [0.29, 0.717) is 6.42 Å². The Bertz CT molecular complexity index is 47.8. The lowest BCUT2D eigenvalue weighted by Gasteiger charge is -2.01. The summed E-state index contributed by atoms with van der Waals surface area (Å²) in [7, 11) is 0. The Hall–Kier alpha value is -0.110. The molecular weight excluding hydrogens is 107 g/mol. The van der Waals surface area contributed by atoms with Gasteiger partial charge in [0.15, 0.2) is 0 Å². The van der Waals surface area contributed by atoms with E-state index in [-0.39, 0.29) is 19.2 Å². The average Bonchev–Trinajstić information content (AvgIpc) is 1.83. The molecule has 0 heterocycles. The Morgan fingerprint density at radius 3 is 2.75 bits per heavy atom. The first-order valence-corrected chi connectivity index (χ1v) is 2.79. The fraction of sp³-hybridized carbons (Fsp3) is 0.833. The zero-order chi connectivity index (χ0) is 6.41. The van der Waals surface area contributed by atoms with Crippen molar-refractivity contribution in [3.63, 3.8) is 0 Å². The number of hydrogen-bond donors (Lipinski definition) is 1. The third-order valence-corrected chi connectivity index (χ3v) is 0.962. The molecule has 0 fully saturated rings. The summed E-state index contributed by atoms with van der Waals surface area (Å²) in [5.41, 5.74) is 0. The molecule has 1 atom stereocenters. The molecule has 0 aromatic rings. The van der Waals surface area contributed by atoms with Gasteiger partial charge in [0.2, 0.25) is 0 Å². The highest BCUT2D eigenvalue weighted by Gasteiger charge is 1.98. The Morgan fingerprint density at radius 2 is 2.38 bits per heavy atom. The zero-order valence-electron chi connectivity index (χ0n) is 5.10. The van der Waals surface area contributed by atoms with Crippen molar-refractivity contribution in [1.82, 2.24) is 0 Å². The smallest absolute Gasteiger partial charge is 0.0920 e. The Balaban J connectivity index is 2.86. The first kappa shape index (κ1) is 7.89. The van der Waals surface area contributed by atoms with Crippen LogP contribution in [0.1, 0.15) is 13.3 Å². The van der Waals surface area contributed by atoms with Crippen LogP contribution < -0.4 is 0 Å². The van der Waals surface area contributed by atoms with Crippen LogP contribution in [0.2, 0.25) is 0 Å². The third-order valence-electron chi connectivity index (χ3n) is 0.962. The lowest BCUT2D eigenvalue weighted by Crippen LogP contribution is -1.98. The largest absolute Gasteiger partial charge is 0.396 e. The summed E-state index contributed by atoms with van der Waals surface area (Å²) in [5.74, 6) is 0.0714. The second-order valence-electron chi connectivity index (χ2n) is 1.97. The van der Waals surface area contributed by atoms with Gasteiger partial charge in [-0.1, -0.05) is 6.92 Å². The fourth-order valence-corrected chi connectivity index (χ4v) is 0.422. The first-order chi connectivity index (χ1) is 3.81. The number of aliphatic hydroxyl groups excluding tert-OH is 1. The molecule has 0 spiro atoms. The van der Waals surface area contributed by atoms with Crippen molar-refractivity contribution < 1.29 is 9.50 Å². The number of hydrogen-bond acceptors (Lipinski definition) is 1. The zero-order valence-corrected chi connectivity index (χ0v) is 5.10. The topological polar surface area (TPSA) is 20.2 Å². The van der Waals surface area contributed by atoms with Crippen LogP contribution in [-0.2, 0) is 0 Å². The summed E-state index contributed by atoms with van der Waals surface area (Å²) in [6.45, 7) is 1.58. The monoisotopic (exact) mass is 119 g/mol. The predicted molar refractivity (Wildman–Crippen MR) is 31.1 cm³/mol. The van der Waals surface area contributed by atoms with Crippen LogP contribution >= 0.6 is 0 Å². The van der Waals surface area contributed by atoms with E-state index in [9.17, 15) is 4.39 Å². The van der Waals surface area contributed by atoms with Gasteiger partial charge in [-0.25, -0.2) is 0 Å². The molecule has 0 aromatic heterocycles. The standard InChI is InChI=1S/C6H12FO/c1-6(5-7)3-2-4-8/h2,6,8H,3-5H2,1H3. The van der Waals surface area contributed by atoms with Gasteiger partial charge in [-0.05, 0) is 18.8 Å². The molecule has 0 aliphatic rings. The maximum absolute atomic E-state index is 11.6. The lowest BCUT2D eigenvalue weighted by molar-refractivity contribution is 0.307. The summed E-state index contributed by atoms with van der Waals surface area (Å²) in [4.78, 5) is 0. The van der Waals surface area contributed by atoms with Gasteiger partial charge in [0.25, 0.3) is 0 Å². The molecule has 0 saturated carbocycles. The van der Waals surface area contributed by atoms with Crippen LogP contribution in [0.5, 0.6) is 0 Å². The van der Waals surface area contributed by atoms with Crippen LogP contribution in [0.3, 0.4) is 0 Å². The molecule has 1 nitrogen and oxygen atoms in total. The minimum Gasteiger partial charge on any atom is -0.396 e. The SMILES string of the molecule is CC(CF)C[CH]CO. The van der Waals surface area contributed by atoms with Crippen molar-refractivity contribution in [2.75, 3.05) is 13.3 Å². The van der Waals surface area contributed by atoms with Crippen molar-refractivity contribution >= 4 is 0 Å². The average molecular weight is 119 g/mol. The number of aliphatic hydroxyl groups is 1. The van der Waals surface area contributed by atoms with E-state index in [4.69, 9.17) is 5.11 Å². The van der Waals surface area contributed by atoms with Gasteiger partial charge in [0.1, 0.15) is 0 Å². The van der Waals surface area contributed by atoms with Crippen LogP contribution in [0.4, 0.5) is 4.39 Å². The maximum Gasteiger partial charge on any atom is 0.0920 e. The summed E-state index contributed by atoms with van der Waals surface area (Å²) in [6, 6.07) is 0. The lowest BCUT2D eigenvalue weighted by atomic mass is 10.1. The summed E-state index contributed by atoms with van der Waals surface area (Å²) in [6.07, 6.45) is 2.34. The Morgan fingerprint density at radius 1 is 1.75 bits per heavy atom. The van der Waals surface area contributed by atoms with Crippen molar-refractivity contribution in [1.29, 1.82) is 0 Å². The van der Waals surface area contributed by atoms with E-state index in [1.54, 1.807) is 6.42 Å². The van der Waals surface area contributed by atoms with E-state index < -0.39 is 0 Å². The van der Waals surface area contributed by atoms with Crippen LogP contribution in [-0.4, -0.2) is 18.4 Å². The molecule has 1 N–H and O–H groups in total. The molecule has 0 aliphatic heterocycles. The van der Waals surface area contributed by atoms with Crippen LogP contribution in [0.15, 0.2) is 0 Å².